The van der Waals surface area contributed by atoms with Crippen LogP contribution in [0.5, 0.6) is 11.5 Å². The van der Waals surface area contributed by atoms with Crippen LogP contribution in [0.25, 0.3) is 22.3 Å². The Morgan fingerprint density at radius 1 is 1.02 bits per heavy atom. The van der Waals surface area contributed by atoms with Crippen LogP contribution in [0.2, 0.25) is 0 Å². The number of rotatable bonds is 6. The van der Waals surface area contributed by atoms with Gasteiger partial charge in [-0.1, -0.05) is 30.3 Å². The molecule has 0 fully saturated rings. The first-order chi connectivity index (χ1) is 19.3. The van der Waals surface area contributed by atoms with Crippen LogP contribution in [0.15, 0.2) is 60.8 Å². The van der Waals surface area contributed by atoms with E-state index in [4.69, 9.17) is 14.2 Å². The van der Waals surface area contributed by atoms with E-state index in [1.807, 2.05) is 43.5 Å². The molecule has 5 nitrogen and oxygen atoms in total. The first-order valence-corrected chi connectivity index (χ1v) is 13.7. The lowest BCUT2D eigenvalue weighted by molar-refractivity contribution is -0.141. The zero-order valence-electron chi connectivity index (χ0n) is 23.2. The highest BCUT2D eigenvalue weighted by Gasteiger charge is 2.32. The summed E-state index contributed by atoms with van der Waals surface area (Å²) in [5.74, 6) is 0.790. The summed E-state index contributed by atoms with van der Waals surface area (Å²) in [5.41, 5.74) is 10.3. The highest BCUT2D eigenvalue weighted by atomic mass is 19.1. The maximum absolute atomic E-state index is 15.3. The zero-order chi connectivity index (χ0) is 28.0. The molecule has 4 aromatic rings. The predicted octanol–water partition coefficient (Wildman–Crippen LogP) is 7.59. The lowest BCUT2D eigenvalue weighted by atomic mass is 9.88. The van der Waals surface area contributed by atoms with Crippen molar-refractivity contribution in [2.45, 2.75) is 52.1 Å². The van der Waals surface area contributed by atoms with Crippen LogP contribution in [0.3, 0.4) is 0 Å². The van der Waals surface area contributed by atoms with Gasteiger partial charge in [-0.3, -0.25) is 9.78 Å². The summed E-state index contributed by atoms with van der Waals surface area (Å²) >= 11 is 0. The molecule has 0 N–H and O–H groups in total. The summed E-state index contributed by atoms with van der Waals surface area (Å²) in [6, 6.07) is 17.6. The molecule has 0 bridgehead atoms. The van der Waals surface area contributed by atoms with Gasteiger partial charge in [0.25, 0.3) is 0 Å². The number of aryl methyl sites for hydroxylation is 3. The Balaban J connectivity index is 1.29. The summed E-state index contributed by atoms with van der Waals surface area (Å²) < 4.78 is 32.3. The number of halogens is 1. The van der Waals surface area contributed by atoms with E-state index in [2.05, 4.69) is 37.0 Å². The van der Waals surface area contributed by atoms with Crippen molar-refractivity contribution in [1.82, 2.24) is 4.98 Å². The van der Waals surface area contributed by atoms with Crippen molar-refractivity contribution in [2.75, 3.05) is 13.7 Å². The second kappa shape index (κ2) is 10.4. The van der Waals surface area contributed by atoms with Gasteiger partial charge in [-0.15, -0.1) is 0 Å². The fourth-order valence-electron chi connectivity index (χ4n) is 6.17. The predicted molar refractivity (Wildman–Crippen MR) is 152 cm³/mol. The van der Waals surface area contributed by atoms with Gasteiger partial charge in [-0.25, -0.2) is 4.39 Å². The normalized spacial score (nSPS) is 17.2. The third-order valence-corrected chi connectivity index (χ3v) is 8.11. The maximum Gasteiger partial charge on any atom is 0.306 e. The van der Waals surface area contributed by atoms with Gasteiger partial charge in [0.05, 0.1) is 20.1 Å². The molecule has 1 aromatic heterocycles. The fourth-order valence-corrected chi connectivity index (χ4v) is 6.17. The van der Waals surface area contributed by atoms with E-state index in [-0.39, 0.29) is 24.1 Å². The van der Waals surface area contributed by atoms with Gasteiger partial charge in [-0.05, 0) is 85.2 Å². The SMILES string of the molecule is COC(=O)CC1COc2cc(O[C@@H]3CCc4c(-c5c(C)cc(-c6ccc(C)nc6)cc5C)ccc(F)c43)ccc21. The van der Waals surface area contributed by atoms with Crippen molar-refractivity contribution >= 4 is 5.97 Å². The monoisotopic (exact) mass is 537 g/mol. The second-order valence-electron chi connectivity index (χ2n) is 10.8. The summed E-state index contributed by atoms with van der Waals surface area (Å²) in [6.07, 6.45) is 3.22. The molecule has 2 atom stereocenters. The third-order valence-electron chi connectivity index (χ3n) is 8.11. The average Bonchev–Trinajstić information content (AvgIpc) is 3.54. The fraction of sp³-hybridized carbons (Fsp3) is 0.294. The van der Waals surface area contributed by atoms with E-state index in [1.165, 1.54) is 7.11 Å². The lowest BCUT2D eigenvalue weighted by Crippen LogP contribution is -2.09. The first-order valence-electron chi connectivity index (χ1n) is 13.7. The molecular formula is C34H32FNO4. The Kier molecular flexibility index (Phi) is 6.78. The van der Waals surface area contributed by atoms with E-state index in [9.17, 15) is 4.79 Å². The van der Waals surface area contributed by atoms with Crippen molar-refractivity contribution in [3.05, 3.63) is 100 Å². The molecule has 0 spiro atoms. The van der Waals surface area contributed by atoms with E-state index in [0.29, 0.717) is 30.1 Å². The quantitative estimate of drug-likeness (QED) is 0.237. The lowest BCUT2D eigenvalue weighted by Gasteiger charge is -2.19. The van der Waals surface area contributed by atoms with Crippen LogP contribution in [0.1, 0.15) is 58.4 Å². The number of esters is 1. The first kappa shape index (κ1) is 26.1. The number of fused-ring (bicyclic) bond motifs is 2. The van der Waals surface area contributed by atoms with Gasteiger partial charge in [0.1, 0.15) is 23.4 Å². The molecule has 0 radical (unpaired) electrons. The number of pyridine rings is 1. The van der Waals surface area contributed by atoms with Crippen molar-refractivity contribution in [3.8, 4) is 33.8 Å². The number of benzene rings is 3. The van der Waals surface area contributed by atoms with Crippen LogP contribution in [-0.2, 0) is 16.0 Å². The number of hydrogen-bond acceptors (Lipinski definition) is 5. The summed E-state index contributed by atoms with van der Waals surface area (Å²) in [7, 11) is 1.39. The number of aromatic nitrogens is 1. The molecule has 0 amide bonds. The van der Waals surface area contributed by atoms with E-state index >= 15 is 4.39 Å². The molecule has 2 aliphatic rings. The van der Waals surface area contributed by atoms with Crippen LogP contribution in [-0.4, -0.2) is 24.7 Å². The minimum atomic E-state index is -0.390. The molecule has 0 saturated heterocycles. The smallest absolute Gasteiger partial charge is 0.306 e. The highest BCUT2D eigenvalue weighted by Crippen LogP contribution is 2.45. The summed E-state index contributed by atoms with van der Waals surface area (Å²) in [5, 5.41) is 0. The van der Waals surface area contributed by atoms with Gasteiger partial charge in [0, 0.05) is 40.6 Å². The molecule has 1 aliphatic carbocycles. The number of hydrogen-bond donors (Lipinski definition) is 0. The van der Waals surface area contributed by atoms with E-state index in [1.54, 1.807) is 6.07 Å². The molecule has 3 aromatic carbocycles. The van der Waals surface area contributed by atoms with Crippen LogP contribution in [0.4, 0.5) is 4.39 Å². The molecule has 40 heavy (non-hydrogen) atoms. The number of methoxy groups -OCH3 is 1. The Morgan fingerprint density at radius 2 is 1.82 bits per heavy atom. The third kappa shape index (κ3) is 4.72. The number of carbonyl (C=O) groups is 1. The number of nitrogens with zero attached hydrogens (tertiary/aromatic N) is 1. The van der Waals surface area contributed by atoms with Crippen LogP contribution < -0.4 is 9.47 Å². The van der Waals surface area contributed by atoms with Crippen molar-refractivity contribution in [3.63, 3.8) is 0 Å². The van der Waals surface area contributed by atoms with Crippen molar-refractivity contribution in [2.24, 2.45) is 0 Å². The minimum Gasteiger partial charge on any atom is -0.492 e. The van der Waals surface area contributed by atoms with Gasteiger partial charge in [0.2, 0.25) is 0 Å². The van der Waals surface area contributed by atoms with Crippen LogP contribution >= 0.6 is 0 Å². The van der Waals surface area contributed by atoms with Crippen molar-refractivity contribution in [1.29, 1.82) is 0 Å². The molecule has 204 valence electrons. The number of ether oxygens (including phenoxy) is 3. The molecule has 1 unspecified atom stereocenters. The van der Waals surface area contributed by atoms with Gasteiger partial charge in [0.15, 0.2) is 0 Å². The molecule has 2 heterocycles. The Morgan fingerprint density at radius 3 is 2.55 bits per heavy atom. The zero-order valence-corrected chi connectivity index (χ0v) is 23.2. The molecule has 1 aliphatic heterocycles. The van der Waals surface area contributed by atoms with Gasteiger partial charge >= 0.3 is 5.97 Å². The van der Waals surface area contributed by atoms with Gasteiger partial charge < -0.3 is 14.2 Å². The standard InChI is InChI=1S/C34H32FNO4/c1-19-13-23(22-6-5-21(3)36-17-22)14-20(2)33(19)27-9-11-29(35)34-28(27)10-12-30(34)40-25-7-8-26-24(15-32(37)38-4)18-39-31(26)16-25/h5-9,11,13-14,16-17,24,30H,10,12,15,18H2,1-4H3/t24?,30-/m1/s1. The Labute approximate surface area is 233 Å². The molecule has 6 heteroatoms. The molecular weight excluding hydrogens is 505 g/mol. The maximum atomic E-state index is 15.3. The van der Waals surface area contributed by atoms with Crippen LogP contribution in [0, 0.1) is 26.6 Å². The number of carbonyl (C=O) groups excluding carboxylic acids is 1. The minimum absolute atomic E-state index is 0.0381. The average molecular weight is 538 g/mol. The molecule has 6 rings (SSSR count). The highest BCUT2D eigenvalue weighted by molar-refractivity contribution is 5.79. The van der Waals surface area contributed by atoms with Gasteiger partial charge in [-0.2, -0.15) is 0 Å². The summed E-state index contributed by atoms with van der Waals surface area (Å²) in [6.45, 7) is 6.64. The second-order valence-corrected chi connectivity index (χ2v) is 10.8. The Hall–Kier alpha value is -4.19. The van der Waals surface area contributed by atoms with E-state index in [0.717, 1.165) is 56.6 Å². The molecule has 0 saturated carbocycles. The van der Waals surface area contributed by atoms with Crippen molar-refractivity contribution < 1.29 is 23.4 Å². The summed E-state index contributed by atoms with van der Waals surface area (Å²) in [4.78, 5) is 16.2. The largest absolute Gasteiger partial charge is 0.492 e. The topological polar surface area (TPSA) is 57.7 Å². The van der Waals surface area contributed by atoms with E-state index < -0.39 is 6.10 Å². The Bertz CT molecular complexity index is 1590.